The summed E-state index contributed by atoms with van der Waals surface area (Å²) in [6, 6.07) is 17.2. The largest absolute Gasteiger partial charge is 0.0851 e. The van der Waals surface area contributed by atoms with Crippen molar-refractivity contribution in [2.45, 2.75) is 165 Å². The minimum absolute atomic E-state index is 0.147. The van der Waals surface area contributed by atoms with Crippen LogP contribution in [0.15, 0.2) is 71.8 Å². The van der Waals surface area contributed by atoms with E-state index in [0.29, 0.717) is 28.1 Å². The molecule has 2 aromatic rings. The van der Waals surface area contributed by atoms with E-state index in [1.807, 2.05) is 11.1 Å². The summed E-state index contributed by atoms with van der Waals surface area (Å²) >= 11 is 0. The van der Waals surface area contributed by atoms with Crippen LogP contribution in [0, 0.1) is 99.6 Å². The fourth-order valence-electron chi connectivity index (χ4n) is 23.8. The summed E-state index contributed by atoms with van der Waals surface area (Å²) in [6.45, 7) is 5.53. The van der Waals surface area contributed by atoms with Gasteiger partial charge in [-0.05, 0) is 279 Å². The lowest BCUT2D eigenvalue weighted by molar-refractivity contribution is -0.141. The predicted molar refractivity (Wildman–Crippen MR) is 248 cm³/mol. The number of hydrogen-bond donors (Lipinski definition) is 0. The monoisotopic (exact) mass is 807 g/mol. The summed E-state index contributed by atoms with van der Waals surface area (Å²) < 4.78 is 0. The molecule has 0 heterocycles. The molecule has 17 aliphatic carbocycles. The van der Waals surface area contributed by atoms with E-state index < -0.39 is 0 Å². The van der Waals surface area contributed by atoms with Gasteiger partial charge in [-0.2, -0.15) is 0 Å². The van der Waals surface area contributed by atoms with Gasteiger partial charge in [0.1, 0.15) is 0 Å². The standard InChI is InChI=1S/C61H74/c1-34(2)61(54-5-3-4-50(54)55(51-22-35-6-7-45(51)21-35)57(61)60-31-42-18-43(32-60)20-44(19-42)33-60)56-48-10-8-46(58-25-36-12-37(26-58)14-38(13-36)27-58)23-52(48)53-24-47(9-11-49(53)56)59-28-39-15-40(29-59)17-41(16-39)30-59/h3,5-11,23-24,34-45,51,55-57H,4,12-22,25-33H2,1-2H3/t35?,36?,37?,38?,39?,40?,41?,42?,43?,44?,45?,51?,55?,56?,57?,58?,59?,60?,61-/m1/s1. The first-order chi connectivity index (χ1) is 29.7. The van der Waals surface area contributed by atoms with Crippen LogP contribution >= 0.6 is 0 Å². The average molecular weight is 807 g/mol. The second-order valence-electron chi connectivity index (χ2n) is 27.3. The van der Waals surface area contributed by atoms with Gasteiger partial charge in [0, 0.05) is 11.3 Å². The highest BCUT2D eigenvalue weighted by molar-refractivity contribution is 5.82. The van der Waals surface area contributed by atoms with Crippen LogP contribution < -0.4 is 0 Å². The molecule has 0 N–H and O–H groups in total. The Morgan fingerprint density at radius 3 is 1.43 bits per heavy atom. The third-order valence-electron chi connectivity index (χ3n) is 24.0. The Hall–Kier alpha value is -2.34. The van der Waals surface area contributed by atoms with E-state index in [1.165, 1.54) is 96.3 Å². The molecule has 0 aromatic heterocycles. The number of allylic oxidation sites excluding steroid dienone is 6. The molecule has 0 aliphatic heterocycles. The Kier molecular flexibility index (Phi) is 7.02. The maximum atomic E-state index is 2.94. The van der Waals surface area contributed by atoms with Gasteiger partial charge in [0.15, 0.2) is 0 Å². The lowest BCUT2D eigenvalue weighted by atomic mass is 9.39. The molecule has 0 spiro atoms. The molecule has 17 aliphatic rings. The fraction of sp³-hybridized carbons (Fsp3) is 0.705. The van der Waals surface area contributed by atoms with E-state index in [2.05, 4.69) is 74.5 Å². The SMILES string of the molecule is CC(C)[C@]1(C2c3ccc(C45CC6CC(CC(C6)C4)C5)cc3-c3cc(C45CC6CC(CC(C6)C4)C5)ccc32)C2=C(CC=C2)C(C2CC3C=CC2C3)C1C12CC3CC(CC(C3)C1)C2. The van der Waals surface area contributed by atoms with Crippen LogP contribution in [0.5, 0.6) is 0 Å². The molecule has 318 valence electrons. The summed E-state index contributed by atoms with van der Waals surface area (Å²) in [6.07, 6.45) is 42.5. The van der Waals surface area contributed by atoms with Crippen molar-refractivity contribution in [3.63, 3.8) is 0 Å². The third-order valence-corrected chi connectivity index (χ3v) is 24.0. The molecule has 13 fully saturated rings. The molecular formula is C61H74. The predicted octanol–water partition coefficient (Wildman–Crippen LogP) is 15.3. The van der Waals surface area contributed by atoms with E-state index in [4.69, 9.17) is 0 Å². The Morgan fingerprint density at radius 1 is 0.525 bits per heavy atom. The van der Waals surface area contributed by atoms with Crippen molar-refractivity contribution in [1.29, 1.82) is 0 Å². The molecule has 6 atom stereocenters. The summed E-state index contributed by atoms with van der Waals surface area (Å²) in [5, 5.41) is 0. The smallest absolute Gasteiger partial charge is 0.0204 e. The van der Waals surface area contributed by atoms with Crippen molar-refractivity contribution in [1.82, 2.24) is 0 Å². The highest BCUT2D eigenvalue weighted by Crippen LogP contribution is 2.79. The van der Waals surface area contributed by atoms with Gasteiger partial charge in [-0.1, -0.05) is 80.1 Å². The van der Waals surface area contributed by atoms with E-state index in [-0.39, 0.29) is 5.41 Å². The van der Waals surface area contributed by atoms with Crippen molar-refractivity contribution in [3.8, 4) is 11.1 Å². The lowest BCUT2D eigenvalue weighted by Crippen LogP contribution is -2.58. The minimum atomic E-state index is 0.147. The lowest BCUT2D eigenvalue weighted by Gasteiger charge is -2.65. The topological polar surface area (TPSA) is 0 Å². The van der Waals surface area contributed by atoms with Crippen LogP contribution in [0.1, 0.15) is 177 Å². The zero-order valence-electron chi connectivity index (χ0n) is 37.9. The highest BCUT2D eigenvalue weighted by atomic mass is 14.7. The molecule has 0 saturated heterocycles. The second-order valence-corrected chi connectivity index (χ2v) is 27.3. The normalized spacial score (nSPS) is 52.7. The van der Waals surface area contributed by atoms with Gasteiger partial charge < -0.3 is 0 Å². The number of benzene rings is 2. The summed E-state index contributed by atoms with van der Waals surface area (Å²) in [5.41, 5.74) is 15.9. The molecule has 13 saturated carbocycles. The van der Waals surface area contributed by atoms with Crippen LogP contribution in [0.25, 0.3) is 11.1 Å². The zero-order valence-corrected chi connectivity index (χ0v) is 37.9. The van der Waals surface area contributed by atoms with Gasteiger partial charge in [-0.15, -0.1) is 0 Å². The number of fused-ring (bicyclic) bond motifs is 5. The molecule has 0 amide bonds. The van der Waals surface area contributed by atoms with Gasteiger partial charge >= 0.3 is 0 Å². The first-order valence-corrected chi connectivity index (χ1v) is 27.1. The highest BCUT2D eigenvalue weighted by Gasteiger charge is 2.70. The van der Waals surface area contributed by atoms with Gasteiger partial charge in [-0.3, -0.25) is 0 Å². The number of rotatable bonds is 6. The molecule has 61 heavy (non-hydrogen) atoms. The van der Waals surface area contributed by atoms with Crippen molar-refractivity contribution in [3.05, 3.63) is 94.1 Å². The second kappa shape index (κ2) is 11.9. The molecule has 2 aromatic carbocycles. The van der Waals surface area contributed by atoms with Crippen molar-refractivity contribution < 1.29 is 0 Å². The maximum Gasteiger partial charge on any atom is 0.0204 e. The fourth-order valence-corrected chi connectivity index (χ4v) is 23.8. The van der Waals surface area contributed by atoms with E-state index in [0.717, 1.165) is 82.9 Å². The van der Waals surface area contributed by atoms with Crippen molar-refractivity contribution in [2.24, 2.45) is 99.6 Å². The Bertz CT molecular complexity index is 2140. The molecular weight excluding hydrogens is 733 g/mol. The Balaban J connectivity index is 0.925. The third kappa shape index (κ3) is 4.57. The van der Waals surface area contributed by atoms with Crippen LogP contribution in [0.2, 0.25) is 0 Å². The summed E-state index contributed by atoms with van der Waals surface area (Å²) in [5.74, 6) is 14.1. The van der Waals surface area contributed by atoms with E-state index >= 15 is 0 Å². The van der Waals surface area contributed by atoms with Crippen LogP contribution in [-0.2, 0) is 10.8 Å². The van der Waals surface area contributed by atoms with Crippen LogP contribution in [-0.4, -0.2) is 0 Å². The van der Waals surface area contributed by atoms with Gasteiger partial charge in [0.2, 0.25) is 0 Å². The van der Waals surface area contributed by atoms with Gasteiger partial charge in [-0.25, -0.2) is 0 Å². The zero-order chi connectivity index (χ0) is 39.8. The molecule has 0 nitrogen and oxygen atoms in total. The van der Waals surface area contributed by atoms with Crippen molar-refractivity contribution >= 4 is 0 Å². The minimum Gasteiger partial charge on any atom is -0.0851 e. The van der Waals surface area contributed by atoms with E-state index in [1.54, 1.807) is 71.9 Å². The summed E-state index contributed by atoms with van der Waals surface area (Å²) in [7, 11) is 0. The first kappa shape index (κ1) is 35.9. The average Bonchev–Trinajstić information content (AvgIpc) is 4.06. The maximum absolute atomic E-state index is 2.94. The molecule has 5 unspecified atom stereocenters. The summed E-state index contributed by atoms with van der Waals surface area (Å²) in [4.78, 5) is 0. The molecule has 19 rings (SSSR count). The molecule has 14 bridgehead atoms. The quantitative estimate of drug-likeness (QED) is 0.255. The first-order valence-electron chi connectivity index (χ1n) is 27.1. The number of hydrogen-bond acceptors (Lipinski definition) is 0. The Morgan fingerprint density at radius 2 is 1.00 bits per heavy atom. The van der Waals surface area contributed by atoms with Gasteiger partial charge in [0.05, 0.1) is 0 Å². The van der Waals surface area contributed by atoms with Gasteiger partial charge in [0.25, 0.3) is 0 Å². The van der Waals surface area contributed by atoms with E-state index in [9.17, 15) is 0 Å². The van der Waals surface area contributed by atoms with Crippen LogP contribution in [0.3, 0.4) is 0 Å². The molecule has 0 radical (unpaired) electrons. The molecule has 0 heteroatoms. The van der Waals surface area contributed by atoms with Crippen LogP contribution in [0.4, 0.5) is 0 Å². The Labute approximate surface area is 368 Å². The van der Waals surface area contributed by atoms with Crippen molar-refractivity contribution in [2.75, 3.05) is 0 Å².